The van der Waals surface area contributed by atoms with E-state index in [9.17, 15) is 4.79 Å². The Labute approximate surface area is 137 Å². The molecule has 1 aliphatic rings. The van der Waals surface area contributed by atoms with Gasteiger partial charge in [0.2, 0.25) is 0 Å². The third-order valence-corrected chi connectivity index (χ3v) is 4.24. The Balaban J connectivity index is 1.67. The van der Waals surface area contributed by atoms with Crippen molar-refractivity contribution in [2.75, 3.05) is 5.32 Å². The summed E-state index contributed by atoms with van der Waals surface area (Å²) in [7, 11) is 0. The number of benzene rings is 1. The van der Waals surface area contributed by atoms with Crippen molar-refractivity contribution in [3.63, 3.8) is 0 Å². The molecule has 1 fully saturated rings. The van der Waals surface area contributed by atoms with E-state index < -0.39 is 0 Å². The number of amides is 1. The second-order valence-electron chi connectivity index (χ2n) is 6.23. The van der Waals surface area contributed by atoms with Crippen molar-refractivity contribution < 1.29 is 4.79 Å². The van der Waals surface area contributed by atoms with Gasteiger partial charge in [0, 0.05) is 23.6 Å². The van der Waals surface area contributed by atoms with Crippen LogP contribution >= 0.6 is 0 Å². The largest absolute Gasteiger partial charge is 0.355 e. The first kappa shape index (κ1) is 15.5. The third-order valence-electron chi connectivity index (χ3n) is 4.24. The zero-order valence-corrected chi connectivity index (χ0v) is 13.5. The minimum atomic E-state index is -0.0789. The molecule has 120 valence electrons. The Hall–Kier alpha value is -2.36. The van der Waals surface area contributed by atoms with Gasteiger partial charge >= 0.3 is 0 Å². The molecule has 0 saturated heterocycles. The molecule has 23 heavy (non-hydrogen) atoms. The monoisotopic (exact) mass is 309 g/mol. The molecule has 1 aromatic carbocycles. The maximum absolute atomic E-state index is 12.4. The third kappa shape index (κ3) is 4.31. The molecule has 1 amide bonds. The van der Waals surface area contributed by atoms with E-state index in [4.69, 9.17) is 0 Å². The summed E-state index contributed by atoms with van der Waals surface area (Å²) in [6.07, 6.45) is 7.51. The van der Waals surface area contributed by atoms with Crippen molar-refractivity contribution in [1.82, 2.24) is 10.3 Å². The van der Waals surface area contributed by atoms with Gasteiger partial charge in [0.15, 0.2) is 0 Å². The fourth-order valence-corrected chi connectivity index (χ4v) is 3.03. The molecule has 0 unspecified atom stereocenters. The Morgan fingerprint density at radius 1 is 1.09 bits per heavy atom. The highest BCUT2D eigenvalue weighted by Crippen LogP contribution is 2.19. The Bertz CT molecular complexity index is 678. The molecular formula is C19H23N3O. The fraction of sp³-hybridized carbons (Fsp3) is 0.368. The van der Waals surface area contributed by atoms with Crippen molar-refractivity contribution in [2.24, 2.45) is 0 Å². The van der Waals surface area contributed by atoms with Crippen molar-refractivity contribution in [1.29, 1.82) is 0 Å². The van der Waals surface area contributed by atoms with Crippen molar-refractivity contribution >= 4 is 17.3 Å². The van der Waals surface area contributed by atoms with Crippen LogP contribution in [-0.2, 0) is 0 Å². The van der Waals surface area contributed by atoms with Gasteiger partial charge in [-0.2, -0.15) is 0 Å². The minimum Gasteiger partial charge on any atom is -0.355 e. The zero-order chi connectivity index (χ0) is 16.1. The van der Waals surface area contributed by atoms with Crippen LogP contribution in [-0.4, -0.2) is 16.9 Å². The molecule has 4 heteroatoms. The topological polar surface area (TPSA) is 54.0 Å². The van der Waals surface area contributed by atoms with Crippen LogP contribution in [0.4, 0.5) is 11.4 Å². The number of nitrogens with zero attached hydrogens (tertiary/aromatic N) is 1. The lowest BCUT2D eigenvalue weighted by atomic mass is 9.95. The highest BCUT2D eigenvalue weighted by Gasteiger charge is 2.17. The molecule has 3 rings (SSSR count). The molecule has 0 spiro atoms. The standard InChI is InChI=1S/C19H23N3O/c1-14-6-5-9-16(12-14)21-17-10-11-20-18(13-17)19(23)22-15-7-3-2-4-8-15/h5-6,9-13,15H,2-4,7-8H2,1H3,(H,20,21)(H,22,23). The molecule has 1 heterocycles. The van der Waals surface area contributed by atoms with Gasteiger partial charge in [-0.3, -0.25) is 9.78 Å². The summed E-state index contributed by atoms with van der Waals surface area (Å²) in [6, 6.07) is 12.1. The van der Waals surface area contributed by atoms with Crippen LogP contribution < -0.4 is 10.6 Å². The number of rotatable bonds is 4. The number of aromatic nitrogens is 1. The molecule has 1 aromatic heterocycles. The van der Waals surface area contributed by atoms with Gasteiger partial charge in [-0.15, -0.1) is 0 Å². The fourth-order valence-electron chi connectivity index (χ4n) is 3.03. The van der Waals surface area contributed by atoms with E-state index in [1.165, 1.54) is 24.8 Å². The second kappa shape index (κ2) is 7.27. The van der Waals surface area contributed by atoms with Crippen LogP contribution in [0.3, 0.4) is 0 Å². The highest BCUT2D eigenvalue weighted by molar-refractivity contribution is 5.93. The molecule has 0 bridgehead atoms. The van der Waals surface area contributed by atoms with E-state index in [2.05, 4.69) is 34.7 Å². The number of pyridine rings is 1. The first-order valence-electron chi connectivity index (χ1n) is 8.31. The smallest absolute Gasteiger partial charge is 0.270 e. The van der Waals surface area contributed by atoms with E-state index in [0.717, 1.165) is 24.2 Å². The highest BCUT2D eigenvalue weighted by atomic mass is 16.1. The molecule has 0 atom stereocenters. The number of anilines is 2. The average molecular weight is 309 g/mol. The van der Waals surface area contributed by atoms with E-state index in [-0.39, 0.29) is 5.91 Å². The maximum Gasteiger partial charge on any atom is 0.270 e. The lowest BCUT2D eigenvalue weighted by Gasteiger charge is -2.22. The van der Waals surface area contributed by atoms with Crippen molar-refractivity contribution in [2.45, 2.75) is 45.1 Å². The Kier molecular flexibility index (Phi) is 4.91. The molecule has 1 aliphatic carbocycles. The van der Waals surface area contributed by atoms with E-state index in [0.29, 0.717) is 11.7 Å². The van der Waals surface area contributed by atoms with Gasteiger partial charge < -0.3 is 10.6 Å². The van der Waals surface area contributed by atoms with Crippen molar-refractivity contribution in [3.05, 3.63) is 53.9 Å². The van der Waals surface area contributed by atoms with E-state index in [1.54, 1.807) is 12.3 Å². The number of nitrogens with one attached hydrogen (secondary N) is 2. The lowest BCUT2D eigenvalue weighted by molar-refractivity contribution is 0.0922. The number of aryl methyl sites for hydroxylation is 1. The summed E-state index contributed by atoms with van der Waals surface area (Å²) in [5.41, 5.74) is 3.54. The SMILES string of the molecule is Cc1cccc(Nc2ccnc(C(=O)NC3CCCCC3)c2)c1. The molecule has 1 saturated carbocycles. The quantitative estimate of drug-likeness (QED) is 0.890. The molecule has 2 N–H and O–H groups in total. The maximum atomic E-state index is 12.4. The van der Waals surface area contributed by atoms with Gasteiger partial charge in [-0.05, 0) is 49.6 Å². The normalized spacial score (nSPS) is 15.2. The molecule has 0 radical (unpaired) electrons. The van der Waals surface area contributed by atoms with Gasteiger partial charge in [-0.25, -0.2) is 0 Å². The first-order valence-corrected chi connectivity index (χ1v) is 8.31. The molecule has 0 aliphatic heterocycles. The number of hydrogen-bond donors (Lipinski definition) is 2. The number of carbonyl (C=O) groups is 1. The summed E-state index contributed by atoms with van der Waals surface area (Å²) >= 11 is 0. The van der Waals surface area contributed by atoms with Gasteiger partial charge in [0.25, 0.3) is 5.91 Å². The van der Waals surface area contributed by atoms with Crippen molar-refractivity contribution in [3.8, 4) is 0 Å². The van der Waals surface area contributed by atoms with Crippen LogP contribution in [0.1, 0.15) is 48.2 Å². The summed E-state index contributed by atoms with van der Waals surface area (Å²) in [4.78, 5) is 16.6. The van der Waals surface area contributed by atoms with Crippen LogP contribution in [0, 0.1) is 6.92 Å². The predicted octanol–water partition coefficient (Wildman–Crippen LogP) is 4.20. The summed E-state index contributed by atoms with van der Waals surface area (Å²) in [5, 5.41) is 6.43. The molecular weight excluding hydrogens is 286 g/mol. The number of hydrogen-bond acceptors (Lipinski definition) is 3. The van der Waals surface area contributed by atoms with Gasteiger partial charge in [0.1, 0.15) is 5.69 Å². The number of carbonyl (C=O) groups excluding carboxylic acids is 1. The van der Waals surface area contributed by atoms with Gasteiger partial charge in [0.05, 0.1) is 0 Å². The summed E-state index contributed by atoms with van der Waals surface area (Å²) in [5.74, 6) is -0.0789. The van der Waals surface area contributed by atoms with Crippen LogP contribution in [0.15, 0.2) is 42.6 Å². The summed E-state index contributed by atoms with van der Waals surface area (Å²) in [6.45, 7) is 2.06. The van der Waals surface area contributed by atoms with E-state index in [1.807, 2.05) is 18.2 Å². The zero-order valence-electron chi connectivity index (χ0n) is 13.5. The summed E-state index contributed by atoms with van der Waals surface area (Å²) < 4.78 is 0. The Morgan fingerprint density at radius 3 is 2.65 bits per heavy atom. The van der Waals surface area contributed by atoms with E-state index >= 15 is 0 Å². The second-order valence-corrected chi connectivity index (χ2v) is 6.23. The van der Waals surface area contributed by atoms with Crippen LogP contribution in [0.2, 0.25) is 0 Å². The average Bonchev–Trinajstić information content (AvgIpc) is 2.56. The molecule has 4 nitrogen and oxygen atoms in total. The minimum absolute atomic E-state index is 0.0789. The lowest BCUT2D eigenvalue weighted by Crippen LogP contribution is -2.36. The Morgan fingerprint density at radius 2 is 1.87 bits per heavy atom. The van der Waals surface area contributed by atoms with Gasteiger partial charge in [-0.1, -0.05) is 31.4 Å². The van der Waals surface area contributed by atoms with Crippen LogP contribution in [0.25, 0.3) is 0 Å². The predicted molar refractivity (Wildman–Crippen MR) is 93.0 cm³/mol. The first-order chi connectivity index (χ1) is 11.2. The van der Waals surface area contributed by atoms with Crippen LogP contribution in [0.5, 0.6) is 0 Å². The molecule has 2 aromatic rings.